The largest absolute Gasteiger partial charge is 0.479 e. The maximum absolute atomic E-state index is 10.7. The van der Waals surface area contributed by atoms with Gasteiger partial charge in [-0.2, -0.15) is 0 Å². The molecule has 0 aliphatic carbocycles. The predicted octanol–water partition coefficient (Wildman–Crippen LogP) is 0.956. The highest BCUT2D eigenvalue weighted by Crippen LogP contribution is 2.34. The molecule has 0 spiro atoms. The SMILES string of the molecule is O=C(O)[C@@H]1C[C@H](O)c2ccccc2O1. The Bertz CT molecular complexity index is 361. The van der Waals surface area contributed by atoms with Crippen molar-refractivity contribution < 1.29 is 19.7 Å². The second-order valence-electron chi connectivity index (χ2n) is 3.23. The first-order chi connectivity index (χ1) is 6.68. The van der Waals surface area contributed by atoms with E-state index < -0.39 is 18.2 Å². The van der Waals surface area contributed by atoms with Gasteiger partial charge >= 0.3 is 5.97 Å². The van der Waals surface area contributed by atoms with Crippen LogP contribution in [0.3, 0.4) is 0 Å². The first-order valence-corrected chi connectivity index (χ1v) is 4.35. The fourth-order valence-electron chi connectivity index (χ4n) is 1.55. The third kappa shape index (κ3) is 1.44. The average molecular weight is 194 g/mol. The maximum Gasteiger partial charge on any atom is 0.345 e. The highest BCUT2D eigenvalue weighted by Gasteiger charge is 2.30. The topological polar surface area (TPSA) is 66.8 Å². The van der Waals surface area contributed by atoms with E-state index >= 15 is 0 Å². The molecule has 1 aliphatic rings. The van der Waals surface area contributed by atoms with Crippen LogP contribution < -0.4 is 4.74 Å². The van der Waals surface area contributed by atoms with Crippen molar-refractivity contribution >= 4 is 5.97 Å². The lowest BCUT2D eigenvalue weighted by Gasteiger charge is -2.26. The van der Waals surface area contributed by atoms with Gasteiger partial charge in [-0.05, 0) is 6.07 Å². The van der Waals surface area contributed by atoms with E-state index in [0.29, 0.717) is 11.3 Å². The molecule has 0 fully saturated rings. The molecule has 0 radical (unpaired) electrons. The Morgan fingerprint density at radius 3 is 2.86 bits per heavy atom. The fourth-order valence-corrected chi connectivity index (χ4v) is 1.55. The molecule has 74 valence electrons. The average Bonchev–Trinajstić information content (AvgIpc) is 2.17. The van der Waals surface area contributed by atoms with Crippen molar-refractivity contribution in [1.29, 1.82) is 0 Å². The van der Waals surface area contributed by atoms with Gasteiger partial charge in [0.05, 0.1) is 6.10 Å². The van der Waals surface area contributed by atoms with E-state index in [-0.39, 0.29) is 6.42 Å². The Balaban J connectivity index is 2.33. The lowest BCUT2D eigenvalue weighted by Crippen LogP contribution is -2.32. The molecule has 4 heteroatoms. The summed E-state index contributed by atoms with van der Waals surface area (Å²) in [5.41, 5.74) is 0.657. The molecule has 2 atom stereocenters. The van der Waals surface area contributed by atoms with Crippen molar-refractivity contribution in [3.63, 3.8) is 0 Å². The number of fused-ring (bicyclic) bond motifs is 1. The summed E-state index contributed by atoms with van der Waals surface area (Å²) in [7, 11) is 0. The summed E-state index contributed by atoms with van der Waals surface area (Å²) < 4.78 is 5.20. The van der Waals surface area contributed by atoms with Gasteiger partial charge in [0.15, 0.2) is 6.10 Å². The van der Waals surface area contributed by atoms with Gasteiger partial charge in [-0.25, -0.2) is 4.79 Å². The van der Waals surface area contributed by atoms with Crippen molar-refractivity contribution in [1.82, 2.24) is 0 Å². The van der Waals surface area contributed by atoms with Crippen molar-refractivity contribution in [3.05, 3.63) is 29.8 Å². The van der Waals surface area contributed by atoms with Crippen LogP contribution in [0.1, 0.15) is 18.1 Å². The Morgan fingerprint density at radius 2 is 2.14 bits per heavy atom. The zero-order valence-corrected chi connectivity index (χ0v) is 7.38. The molecule has 0 saturated carbocycles. The summed E-state index contributed by atoms with van der Waals surface area (Å²) in [6.45, 7) is 0. The summed E-state index contributed by atoms with van der Waals surface area (Å²) in [5, 5.41) is 18.4. The number of aliphatic hydroxyl groups is 1. The highest BCUT2D eigenvalue weighted by atomic mass is 16.5. The Labute approximate surface area is 80.7 Å². The summed E-state index contributed by atoms with van der Waals surface area (Å²) in [6.07, 6.45) is -1.59. The molecule has 1 aromatic rings. The standard InChI is InChI=1S/C10H10O4/c11-7-5-9(10(12)13)14-8-4-2-1-3-6(7)8/h1-4,7,9,11H,5H2,(H,12,13)/t7-,9-/m0/s1. The van der Waals surface area contributed by atoms with Crippen molar-refractivity contribution in [2.24, 2.45) is 0 Å². The minimum atomic E-state index is -1.04. The first-order valence-electron chi connectivity index (χ1n) is 4.35. The molecule has 1 heterocycles. The Morgan fingerprint density at radius 1 is 1.43 bits per heavy atom. The molecule has 2 N–H and O–H groups in total. The number of aliphatic hydroxyl groups excluding tert-OH is 1. The van der Waals surface area contributed by atoms with Gasteiger partial charge in [0, 0.05) is 12.0 Å². The third-order valence-electron chi connectivity index (χ3n) is 2.26. The Kier molecular flexibility index (Phi) is 2.13. The van der Waals surface area contributed by atoms with Crippen LogP contribution in [0.4, 0.5) is 0 Å². The highest BCUT2D eigenvalue weighted by molar-refractivity contribution is 5.73. The fraction of sp³-hybridized carbons (Fsp3) is 0.300. The van der Waals surface area contributed by atoms with Crippen LogP contribution in [0.25, 0.3) is 0 Å². The van der Waals surface area contributed by atoms with E-state index in [9.17, 15) is 9.90 Å². The smallest absolute Gasteiger partial charge is 0.345 e. The lowest BCUT2D eigenvalue weighted by molar-refractivity contribution is -0.147. The predicted molar refractivity (Wildman–Crippen MR) is 48.1 cm³/mol. The number of ether oxygens (including phenoxy) is 1. The van der Waals surface area contributed by atoms with E-state index in [1.165, 1.54) is 0 Å². The van der Waals surface area contributed by atoms with Crippen LogP contribution in [0, 0.1) is 0 Å². The number of rotatable bonds is 1. The monoisotopic (exact) mass is 194 g/mol. The molecule has 1 aliphatic heterocycles. The molecule has 1 aromatic carbocycles. The lowest BCUT2D eigenvalue weighted by atomic mass is 9.99. The van der Waals surface area contributed by atoms with E-state index in [2.05, 4.69) is 0 Å². The number of hydrogen-bond donors (Lipinski definition) is 2. The maximum atomic E-state index is 10.7. The van der Waals surface area contributed by atoms with Crippen LogP contribution in [-0.2, 0) is 4.79 Å². The third-order valence-corrected chi connectivity index (χ3v) is 2.26. The number of carboxylic acids is 1. The van der Waals surface area contributed by atoms with Crippen molar-refractivity contribution in [2.45, 2.75) is 18.6 Å². The minimum absolute atomic E-state index is 0.104. The quantitative estimate of drug-likeness (QED) is 0.698. The summed E-state index contributed by atoms with van der Waals surface area (Å²) in [5.74, 6) is -0.586. The number of benzene rings is 1. The number of carboxylic acid groups (broad SMARTS) is 1. The molecule has 0 bridgehead atoms. The molecule has 0 amide bonds. The van der Waals surface area contributed by atoms with E-state index in [1.807, 2.05) is 0 Å². The van der Waals surface area contributed by atoms with E-state index in [4.69, 9.17) is 9.84 Å². The van der Waals surface area contributed by atoms with Crippen LogP contribution in [0.2, 0.25) is 0 Å². The molecule has 2 rings (SSSR count). The molecular formula is C10H10O4. The molecule has 14 heavy (non-hydrogen) atoms. The molecular weight excluding hydrogens is 184 g/mol. The number of carbonyl (C=O) groups is 1. The summed E-state index contributed by atoms with van der Waals surface area (Å²) >= 11 is 0. The Hall–Kier alpha value is -1.55. The van der Waals surface area contributed by atoms with Crippen LogP contribution in [0.15, 0.2) is 24.3 Å². The molecule has 4 nitrogen and oxygen atoms in total. The van der Waals surface area contributed by atoms with Gasteiger partial charge in [0.25, 0.3) is 0 Å². The summed E-state index contributed by atoms with van der Waals surface area (Å²) in [4.78, 5) is 10.7. The minimum Gasteiger partial charge on any atom is -0.479 e. The second kappa shape index (κ2) is 3.31. The van der Waals surface area contributed by atoms with Gasteiger partial charge < -0.3 is 14.9 Å². The van der Waals surface area contributed by atoms with Gasteiger partial charge in [0.1, 0.15) is 5.75 Å². The van der Waals surface area contributed by atoms with Crippen molar-refractivity contribution in [3.8, 4) is 5.75 Å². The van der Waals surface area contributed by atoms with Gasteiger partial charge in [-0.1, -0.05) is 18.2 Å². The van der Waals surface area contributed by atoms with Crippen LogP contribution in [0.5, 0.6) is 5.75 Å². The number of aliphatic carboxylic acids is 1. The van der Waals surface area contributed by atoms with Crippen LogP contribution >= 0.6 is 0 Å². The molecule has 0 unspecified atom stereocenters. The number of para-hydroxylation sites is 1. The zero-order chi connectivity index (χ0) is 10.1. The summed E-state index contributed by atoms with van der Waals surface area (Å²) in [6, 6.07) is 6.92. The van der Waals surface area contributed by atoms with Crippen LogP contribution in [-0.4, -0.2) is 22.3 Å². The number of hydrogen-bond acceptors (Lipinski definition) is 3. The van der Waals surface area contributed by atoms with E-state index in [0.717, 1.165) is 0 Å². The first kappa shape index (κ1) is 9.02. The molecule has 0 saturated heterocycles. The normalized spacial score (nSPS) is 24.9. The molecule has 0 aromatic heterocycles. The van der Waals surface area contributed by atoms with Crippen molar-refractivity contribution in [2.75, 3.05) is 0 Å². The van der Waals surface area contributed by atoms with Gasteiger partial charge in [0.2, 0.25) is 0 Å². The van der Waals surface area contributed by atoms with Gasteiger partial charge in [-0.3, -0.25) is 0 Å². The van der Waals surface area contributed by atoms with E-state index in [1.54, 1.807) is 24.3 Å². The second-order valence-corrected chi connectivity index (χ2v) is 3.23. The zero-order valence-electron chi connectivity index (χ0n) is 7.38. The van der Waals surface area contributed by atoms with Gasteiger partial charge in [-0.15, -0.1) is 0 Å².